The van der Waals surface area contributed by atoms with Gasteiger partial charge in [0.1, 0.15) is 0 Å². The van der Waals surface area contributed by atoms with E-state index in [2.05, 4.69) is 53.0 Å². The Kier molecular flexibility index (Phi) is 3.81. The topological polar surface area (TPSA) is 29.9 Å². The van der Waals surface area contributed by atoms with E-state index in [4.69, 9.17) is 0 Å². The quantitative estimate of drug-likeness (QED) is 0.854. The fourth-order valence-corrected chi connectivity index (χ4v) is 1.85. The van der Waals surface area contributed by atoms with Crippen LogP contribution in [0.3, 0.4) is 0 Å². The van der Waals surface area contributed by atoms with Crippen molar-refractivity contribution >= 4 is 5.95 Å². The lowest BCUT2D eigenvalue weighted by atomic mass is 10.1. The van der Waals surface area contributed by atoms with Gasteiger partial charge in [-0.1, -0.05) is 36.8 Å². The molecule has 1 N–H and O–H groups in total. The Bertz CT molecular complexity index is 474. The van der Waals surface area contributed by atoms with Crippen molar-refractivity contribution in [2.24, 2.45) is 0 Å². The van der Waals surface area contributed by atoms with E-state index in [0.717, 1.165) is 25.5 Å². The first kappa shape index (κ1) is 11.7. The van der Waals surface area contributed by atoms with Crippen molar-refractivity contribution in [3.8, 4) is 0 Å². The molecular weight excluding hydrogens is 210 g/mol. The SMILES string of the molecule is CCCNc1nccn1Cc1cccc(C)c1. The van der Waals surface area contributed by atoms with E-state index in [-0.39, 0.29) is 0 Å². The third-order valence-electron chi connectivity index (χ3n) is 2.68. The van der Waals surface area contributed by atoms with E-state index in [9.17, 15) is 0 Å². The number of rotatable bonds is 5. The first-order valence-corrected chi connectivity index (χ1v) is 6.10. The van der Waals surface area contributed by atoms with Crippen LogP contribution in [0.15, 0.2) is 36.7 Å². The number of hydrogen-bond acceptors (Lipinski definition) is 2. The third kappa shape index (κ3) is 3.09. The van der Waals surface area contributed by atoms with Gasteiger partial charge < -0.3 is 9.88 Å². The summed E-state index contributed by atoms with van der Waals surface area (Å²) >= 11 is 0. The van der Waals surface area contributed by atoms with Gasteiger partial charge in [0, 0.05) is 18.9 Å². The Balaban J connectivity index is 2.10. The number of nitrogens with zero attached hydrogens (tertiary/aromatic N) is 2. The molecule has 0 aliphatic carbocycles. The molecule has 1 aromatic carbocycles. The molecule has 0 unspecified atom stereocenters. The van der Waals surface area contributed by atoms with E-state index in [1.54, 1.807) is 0 Å². The maximum absolute atomic E-state index is 4.32. The molecule has 17 heavy (non-hydrogen) atoms. The van der Waals surface area contributed by atoms with Crippen molar-refractivity contribution in [2.45, 2.75) is 26.8 Å². The van der Waals surface area contributed by atoms with E-state index >= 15 is 0 Å². The maximum atomic E-state index is 4.32. The summed E-state index contributed by atoms with van der Waals surface area (Å²) in [5.41, 5.74) is 2.60. The molecule has 0 amide bonds. The summed E-state index contributed by atoms with van der Waals surface area (Å²) in [6, 6.07) is 8.58. The van der Waals surface area contributed by atoms with E-state index in [1.807, 2.05) is 12.4 Å². The zero-order chi connectivity index (χ0) is 12.1. The lowest BCUT2D eigenvalue weighted by Gasteiger charge is -2.09. The normalized spacial score (nSPS) is 10.5. The lowest BCUT2D eigenvalue weighted by molar-refractivity contribution is 0.792. The van der Waals surface area contributed by atoms with Crippen LogP contribution in [0.2, 0.25) is 0 Å². The van der Waals surface area contributed by atoms with Crippen molar-refractivity contribution in [3.05, 3.63) is 47.8 Å². The molecule has 0 aliphatic heterocycles. The van der Waals surface area contributed by atoms with Crippen LogP contribution in [-0.4, -0.2) is 16.1 Å². The first-order valence-electron chi connectivity index (χ1n) is 6.10. The molecule has 0 atom stereocenters. The van der Waals surface area contributed by atoms with Gasteiger partial charge in [-0.15, -0.1) is 0 Å². The first-order chi connectivity index (χ1) is 8.29. The Labute approximate surface area is 103 Å². The number of imidazole rings is 1. The number of nitrogens with one attached hydrogen (secondary N) is 1. The second kappa shape index (κ2) is 5.53. The highest BCUT2D eigenvalue weighted by Crippen LogP contribution is 2.10. The molecule has 0 saturated heterocycles. The predicted octanol–water partition coefficient (Wildman–Crippen LogP) is 3.06. The number of benzene rings is 1. The summed E-state index contributed by atoms with van der Waals surface area (Å²) in [5.74, 6) is 0.952. The minimum absolute atomic E-state index is 0.869. The molecule has 2 aromatic rings. The average Bonchev–Trinajstić information content (AvgIpc) is 2.74. The molecule has 0 aliphatic rings. The average molecular weight is 229 g/mol. The van der Waals surface area contributed by atoms with Gasteiger partial charge >= 0.3 is 0 Å². The molecule has 0 saturated carbocycles. The minimum atomic E-state index is 0.869. The molecule has 1 aromatic heterocycles. The lowest BCUT2D eigenvalue weighted by Crippen LogP contribution is -2.08. The van der Waals surface area contributed by atoms with Crippen molar-refractivity contribution < 1.29 is 0 Å². The Morgan fingerprint density at radius 1 is 1.35 bits per heavy atom. The zero-order valence-electron chi connectivity index (χ0n) is 10.5. The van der Waals surface area contributed by atoms with E-state index < -0.39 is 0 Å². The number of hydrogen-bond donors (Lipinski definition) is 1. The summed E-state index contributed by atoms with van der Waals surface area (Å²) in [7, 11) is 0. The van der Waals surface area contributed by atoms with Crippen LogP contribution < -0.4 is 5.32 Å². The van der Waals surface area contributed by atoms with Gasteiger partial charge in [-0.3, -0.25) is 0 Å². The van der Waals surface area contributed by atoms with Crippen molar-refractivity contribution in [2.75, 3.05) is 11.9 Å². The van der Waals surface area contributed by atoms with Gasteiger partial charge in [-0.2, -0.15) is 0 Å². The molecule has 3 heteroatoms. The summed E-state index contributed by atoms with van der Waals surface area (Å²) < 4.78 is 2.14. The number of anilines is 1. The van der Waals surface area contributed by atoms with Crippen LogP contribution in [0.1, 0.15) is 24.5 Å². The fraction of sp³-hybridized carbons (Fsp3) is 0.357. The van der Waals surface area contributed by atoms with Crippen molar-refractivity contribution in [1.82, 2.24) is 9.55 Å². The zero-order valence-corrected chi connectivity index (χ0v) is 10.5. The largest absolute Gasteiger partial charge is 0.356 e. The van der Waals surface area contributed by atoms with Gasteiger partial charge in [-0.25, -0.2) is 4.98 Å². The highest BCUT2D eigenvalue weighted by atomic mass is 15.2. The van der Waals surface area contributed by atoms with Gasteiger partial charge in [0.15, 0.2) is 0 Å². The van der Waals surface area contributed by atoms with Crippen molar-refractivity contribution in [1.29, 1.82) is 0 Å². The standard InChI is InChI=1S/C14H19N3/c1-3-7-15-14-16-8-9-17(14)11-13-6-4-5-12(2)10-13/h4-6,8-10H,3,7,11H2,1-2H3,(H,15,16). The van der Waals surface area contributed by atoms with Crippen LogP contribution >= 0.6 is 0 Å². The molecular formula is C14H19N3. The molecule has 3 nitrogen and oxygen atoms in total. The Hall–Kier alpha value is -1.77. The summed E-state index contributed by atoms with van der Waals surface area (Å²) in [6.07, 6.45) is 4.96. The molecule has 0 spiro atoms. The monoisotopic (exact) mass is 229 g/mol. The van der Waals surface area contributed by atoms with Gasteiger partial charge in [0.25, 0.3) is 0 Å². The number of aromatic nitrogens is 2. The highest BCUT2D eigenvalue weighted by Gasteiger charge is 2.02. The molecule has 1 heterocycles. The van der Waals surface area contributed by atoms with Crippen LogP contribution in [0.5, 0.6) is 0 Å². The van der Waals surface area contributed by atoms with Gasteiger partial charge in [-0.05, 0) is 18.9 Å². The minimum Gasteiger partial charge on any atom is -0.356 e. The summed E-state index contributed by atoms with van der Waals surface area (Å²) in [6.45, 7) is 6.10. The Morgan fingerprint density at radius 3 is 3.00 bits per heavy atom. The third-order valence-corrected chi connectivity index (χ3v) is 2.68. The molecule has 2 rings (SSSR count). The summed E-state index contributed by atoms with van der Waals surface area (Å²) in [5, 5.41) is 3.33. The van der Waals surface area contributed by atoms with Crippen LogP contribution in [0.4, 0.5) is 5.95 Å². The molecule has 0 radical (unpaired) electrons. The fourth-order valence-electron chi connectivity index (χ4n) is 1.85. The number of aryl methyl sites for hydroxylation is 1. The smallest absolute Gasteiger partial charge is 0.203 e. The molecule has 90 valence electrons. The highest BCUT2D eigenvalue weighted by molar-refractivity contribution is 5.29. The second-order valence-electron chi connectivity index (χ2n) is 4.29. The second-order valence-corrected chi connectivity index (χ2v) is 4.29. The van der Waals surface area contributed by atoms with Crippen molar-refractivity contribution in [3.63, 3.8) is 0 Å². The molecule has 0 bridgehead atoms. The van der Waals surface area contributed by atoms with Crippen LogP contribution in [0, 0.1) is 6.92 Å². The predicted molar refractivity (Wildman–Crippen MR) is 71.3 cm³/mol. The molecule has 0 fully saturated rings. The van der Waals surface area contributed by atoms with Gasteiger partial charge in [0.05, 0.1) is 6.54 Å². The maximum Gasteiger partial charge on any atom is 0.203 e. The van der Waals surface area contributed by atoms with Crippen LogP contribution in [-0.2, 0) is 6.54 Å². The Morgan fingerprint density at radius 2 is 2.24 bits per heavy atom. The van der Waals surface area contributed by atoms with Crippen LogP contribution in [0.25, 0.3) is 0 Å². The van der Waals surface area contributed by atoms with E-state index in [0.29, 0.717) is 0 Å². The summed E-state index contributed by atoms with van der Waals surface area (Å²) in [4.78, 5) is 4.32. The van der Waals surface area contributed by atoms with Gasteiger partial charge in [0.2, 0.25) is 5.95 Å². The van der Waals surface area contributed by atoms with E-state index in [1.165, 1.54) is 11.1 Å².